The van der Waals surface area contributed by atoms with Crippen LogP contribution in [0.25, 0.3) is 0 Å². The van der Waals surface area contributed by atoms with Crippen LogP contribution < -0.4 is 5.32 Å². The summed E-state index contributed by atoms with van der Waals surface area (Å²) in [6, 6.07) is 4.56. The minimum absolute atomic E-state index is 0.268. The molecule has 3 nitrogen and oxygen atoms in total. The molecule has 2 rings (SSSR count). The van der Waals surface area contributed by atoms with Gasteiger partial charge < -0.3 is 10.1 Å². The molecule has 1 aromatic rings. The minimum atomic E-state index is -0.506. The van der Waals surface area contributed by atoms with Crippen molar-refractivity contribution in [2.24, 2.45) is 5.92 Å². The van der Waals surface area contributed by atoms with Gasteiger partial charge in [-0.1, -0.05) is 19.8 Å². The summed E-state index contributed by atoms with van der Waals surface area (Å²) in [7, 11) is 1.31. The van der Waals surface area contributed by atoms with Crippen LogP contribution in [0.1, 0.15) is 49.4 Å². The van der Waals surface area contributed by atoms with Gasteiger partial charge in [0.15, 0.2) is 0 Å². The second kappa shape index (κ2) is 6.73. The summed E-state index contributed by atoms with van der Waals surface area (Å²) in [5.41, 5.74) is 0.933. The van der Waals surface area contributed by atoms with Gasteiger partial charge in [0.25, 0.3) is 0 Å². The number of methoxy groups -OCH3 is 1. The molecule has 1 N–H and O–H groups in total. The maximum absolute atomic E-state index is 13.3. The number of rotatable bonds is 3. The molecule has 0 amide bonds. The number of hydrogen-bond acceptors (Lipinski definition) is 3. The van der Waals surface area contributed by atoms with Gasteiger partial charge in [0.2, 0.25) is 0 Å². The zero-order chi connectivity index (χ0) is 14.5. The number of esters is 1. The summed E-state index contributed by atoms with van der Waals surface area (Å²) < 4.78 is 18.0. The lowest BCUT2D eigenvalue weighted by Crippen LogP contribution is -2.20. The summed E-state index contributed by atoms with van der Waals surface area (Å²) in [4.78, 5) is 11.7. The largest absolute Gasteiger partial charge is 0.465 e. The van der Waals surface area contributed by atoms with Crippen molar-refractivity contribution < 1.29 is 13.9 Å². The number of carbonyl (C=O) groups is 1. The molecule has 1 aliphatic carbocycles. The highest BCUT2D eigenvalue weighted by molar-refractivity contribution is 5.95. The Morgan fingerprint density at radius 2 is 2.10 bits per heavy atom. The van der Waals surface area contributed by atoms with Crippen molar-refractivity contribution >= 4 is 11.7 Å². The lowest BCUT2D eigenvalue weighted by molar-refractivity contribution is 0.0601. The van der Waals surface area contributed by atoms with Crippen LogP contribution in [-0.4, -0.2) is 19.1 Å². The molecule has 2 atom stereocenters. The van der Waals surface area contributed by atoms with E-state index < -0.39 is 11.8 Å². The van der Waals surface area contributed by atoms with Crippen molar-refractivity contribution in [1.29, 1.82) is 0 Å². The van der Waals surface area contributed by atoms with E-state index in [0.29, 0.717) is 11.7 Å². The Kier molecular flexibility index (Phi) is 4.99. The van der Waals surface area contributed by atoms with E-state index in [2.05, 4.69) is 12.2 Å². The lowest BCUT2D eigenvalue weighted by atomic mass is 10.0. The molecule has 1 saturated carbocycles. The van der Waals surface area contributed by atoms with Gasteiger partial charge in [-0.15, -0.1) is 0 Å². The predicted octanol–water partition coefficient (Wildman–Crippen LogP) is 3.99. The molecule has 2 unspecified atom stereocenters. The van der Waals surface area contributed by atoms with Crippen molar-refractivity contribution in [1.82, 2.24) is 0 Å². The van der Waals surface area contributed by atoms with Crippen LogP contribution in [0.15, 0.2) is 18.2 Å². The van der Waals surface area contributed by atoms with E-state index in [1.54, 1.807) is 6.07 Å². The van der Waals surface area contributed by atoms with Crippen molar-refractivity contribution in [3.05, 3.63) is 29.6 Å². The highest BCUT2D eigenvalue weighted by Gasteiger charge is 2.19. The number of anilines is 1. The highest BCUT2D eigenvalue weighted by Crippen LogP contribution is 2.27. The molecule has 0 aromatic heterocycles. The van der Waals surface area contributed by atoms with Gasteiger partial charge in [-0.25, -0.2) is 9.18 Å². The van der Waals surface area contributed by atoms with Crippen molar-refractivity contribution in [3.63, 3.8) is 0 Å². The van der Waals surface area contributed by atoms with Crippen LogP contribution >= 0.6 is 0 Å². The number of benzene rings is 1. The first kappa shape index (κ1) is 14.8. The molecular weight excluding hydrogens is 257 g/mol. The average molecular weight is 279 g/mol. The fraction of sp³-hybridized carbons (Fsp3) is 0.562. The molecule has 0 aliphatic heterocycles. The summed E-state index contributed by atoms with van der Waals surface area (Å²) in [6.45, 7) is 2.28. The average Bonchev–Trinajstić information content (AvgIpc) is 2.65. The zero-order valence-electron chi connectivity index (χ0n) is 12.1. The molecule has 110 valence electrons. The second-order valence-electron chi connectivity index (χ2n) is 5.64. The smallest absolute Gasteiger partial charge is 0.340 e. The summed E-state index contributed by atoms with van der Waals surface area (Å²) in [5, 5.41) is 3.38. The Bertz CT molecular complexity index is 476. The minimum Gasteiger partial charge on any atom is -0.465 e. The summed E-state index contributed by atoms with van der Waals surface area (Å²) in [5.74, 6) is -0.172. The second-order valence-corrected chi connectivity index (χ2v) is 5.64. The Labute approximate surface area is 119 Å². The standard InChI is InChI=1S/C16H22FNO2/c1-11-4-3-5-13(8-6-11)18-15-9-7-12(17)10-14(15)16(19)20-2/h7,9-11,13,18H,3-6,8H2,1-2H3. The van der Waals surface area contributed by atoms with Crippen molar-refractivity contribution in [3.8, 4) is 0 Å². The van der Waals surface area contributed by atoms with Gasteiger partial charge in [-0.2, -0.15) is 0 Å². The first-order chi connectivity index (χ1) is 9.60. The van der Waals surface area contributed by atoms with Gasteiger partial charge in [-0.05, 0) is 43.4 Å². The highest BCUT2D eigenvalue weighted by atomic mass is 19.1. The SMILES string of the molecule is COC(=O)c1cc(F)ccc1NC1CCCC(C)CC1. The molecule has 0 saturated heterocycles. The fourth-order valence-corrected chi connectivity index (χ4v) is 2.77. The molecule has 1 fully saturated rings. The Hall–Kier alpha value is -1.58. The lowest BCUT2D eigenvalue weighted by Gasteiger charge is -2.19. The zero-order valence-corrected chi connectivity index (χ0v) is 12.1. The van der Waals surface area contributed by atoms with Gasteiger partial charge in [0.1, 0.15) is 5.82 Å². The van der Waals surface area contributed by atoms with E-state index in [1.165, 1.54) is 38.5 Å². The molecular formula is C16H22FNO2. The van der Waals surface area contributed by atoms with Gasteiger partial charge in [0.05, 0.1) is 12.7 Å². The number of halogens is 1. The van der Waals surface area contributed by atoms with Crippen LogP contribution in [0.3, 0.4) is 0 Å². The Morgan fingerprint density at radius 3 is 2.85 bits per heavy atom. The van der Waals surface area contributed by atoms with Gasteiger partial charge in [0, 0.05) is 11.7 Å². The molecule has 0 radical (unpaired) electrons. The van der Waals surface area contributed by atoms with E-state index >= 15 is 0 Å². The van der Waals surface area contributed by atoms with Gasteiger partial charge >= 0.3 is 5.97 Å². The maximum atomic E-state index is 13.3. The van der Waals surface area contributed by atoms with Gasteiger partial charge in [-0.3, -0.25) is 0 Å². The molecule has 1 aromatic carbocycles. The first-order valence-electron chi connectivity index (χ1n) is 7.24. The first-order valence-corrected chi connectivity index (χ1v) is 7.24. The molecule has 0 spiro atoms. The van der Waals surface area contributed by atoms with Crippen LogP contribution in [0.5, 0.6) is 0 Å². The van der Waals surface area contributed by atoms with Crippen LogP contribution in [0, 0.1) is 11.7 Å². The predicted molar refractivity (Wildman–Crippen MR) is 77.4 cm³/mol. The number of ether oxygens (including phenoxy) is 1. The van der Waals surface area contributed by atoms with E-state index in [9.17, 15) is 9.18 Å². The number of carbonyl (C=O) groups excluding carboxylic acids is 1. The topological polar surface area (TPSA) is 38.3 Å². The molecule has 4 heteroatoms. The van der Waals surface area contributed by atoms with Crippen molar-refractivity contribution in [2.75, 3.05) is 12.4 Å². The van der Waals surface area contributed by atoms with E-state index in [4.69, 9.17) is 4.74 Å². The van der Waals surface area contributed by atoms with E-state index in [-0.39, 0.29) is 5.56 Å². The third kappa shape index (κ3) is 3.71. The third-order valence-corrected chi connectivity index (χ3v) is 4.00. The molecule has 0 bridgehead atoms. The van der Waals surface area contributed by atoms with Crippen LogP contribution in [0.2, 0.25) is 0 Å². The molecule has 0 heterocycles. The Balaban J connectivity index is 2.14. The third-order valence-electron chi connectivity index (χ3n) is 4.00. The van der Waals surface area contributed by atoms with Crippen LogP contribution in [-0.2, 0) is 4.74 Å². The number of nitrogens with one attached hydrogen (secondary N) is 1. The van der Waals surface area contributed by atoms with E-state index in [1.807, 2.05) is 0 Å². The molecule has 20 heavy (non-hydrogen) atoms. The Morgan fingerprint density at radius 1 is 1.30 bits per heavy atom. The van der Waals surface area contributed by atoms with E-state index in [0.717, 1.165) is 18.8 Å². The fourth-order valence-electron chi connectivity index (χ4n) is 2.77. The monoisotopic (exact) mass is 279 g/mol. The quantitative estimate of drug-likeness (QED) is 0.671. The molecule has 1 aliphatic rings. The van der Waals surface area contributed by atoms with Crippen molar-refractivity contribution in [2.45, 2.75) is 45.1 Å². The normalized spacial score (nSPS) is 22.9. The number of hydrogen-bond donors (Lipinski definition) is 1. The van der Waals surface area contributed by atoms with Crippen LogP contribution in [0.4, 0.5) is 10.1 Å². The summed E-state index contributed by atoms with van der Waals surface area (Å²) in [6.07, 6.45) is 5.80. The summed E-state index contributed by atoms with van der Waals surface area (Å²) >= 11 is 0. The maximum Gasteiger partial charge on any atom is 0.340 e.